The van der Waals surface area contributed by atoms with Crippen molar-refractivity contribution in [1.29, 1.82) is 0 Å². The van der Waals surface area contributed by atoms with Crippen LogP contribution in [0.25, 0.3) is 6.08 Å². The zero-order valence-electron chi connectivity index (χ0n) is 13.0. The first-order chi connectivity index (χ1) is 11.3. The number of nitrogens with one attached hydrogen (secondary N) is 2. The molecular formula is C16H18N2O4S2. The molecule has 0 radical (unpaired) electrons. The van der Waals surface area contributed by atoms with Crippen LogP contribution in [-0.4, -0.2) is 23.4 Å². The summed E-state index contributed by atoms with van der Waals surface area (Å²) in [4.78, 5) is 0.0760. The maximum atomic E-state index is 12.0. The van der Waals surface area contributed by atoms with Gasteiger partial charge in [0.15, 0.2) is 0 Å². The summed E-state index contributed by atoms with van der Waals surface area (Å²) in [6.45, 7) is 1.96. The molecule has 0 aromatic heterocycles. The molecule has 2 rings (SSSR count). The van der Waals surface area contributed by atoms with Crippen LogP contribution in [0.15, 0.2) is 64.9 Å². The smallest absolute Gasteiger partial charge is 0.255 e. The lowest BCUT2D eigenvalue weighted by molar-refractivity contribution is 0.584. The zero-order chi connectivity index (χ0) is 17.6. The molecule has 0 aliphatic carbocycles. The highest BCUT2D eigenvalue weighted by molar-refractivity contribution is 7.95. The molecule has 0 saturated carbocycles. The third kappa shape index (κ3) is 5.19. The molecule has 2 aromatic rings. The van der Waals surface area contributed by atoms with E-state index in [9.17, 15) is 16.8 Å². The van der Waals surface area contributed by atoms with Crippen LogP contribution in [0.3, 0.4) is 0 Å². The first-order valence-corrected chi connectivity index (χ1v) is 10.2. The van der Waals surface area contributed by atoms with Gasteiger partial charge in [0.05, 0.1) is 10.3 Å². The van der Waals surface area contributed by atoms with Crippen molar-refractivity contribution in [2.45, 2.75) is 11.8 Å². The Morgan fingerprint density at radius 3 is 2.12 bits per heavy atom. The van der Waals surface area contributed by atoms with Crippen molar-refractivity contribution in [3.8, 4) is 0 Å². The quantitative estimate of drug-likeness (QED) is 0.787. The molecule has 0 unspecified atom stereocenters. The molecule has 0 aliphatic rings. The molecule has 0 fully saturated rings. The minimum absolute atomic E-state index is 0.0760. The molecule has 6 nitrogen and oxygen atoms in total. The Kier molecular flexibility index (Phi) is 5.76. The predicted octanol–water partition coefficient (Wildman–Crippen LogP) is 2.40. The molecule has 2 N–H and O–H groups in total. The summed E-state index contributed by atoms with van der Waals surface area (Å²) in [5.74, 6) is 0. The van der Waals surface area contributed by atoms with Gasteiger partial charge in [0.25, 0.3) is 10.0 Å². The number of hydrogen-bond acceptors (Lipinski definition) is 4. The van der Waals surface area contributed by atoms with E-state index < -0.39 is 20.0 Å². The largest absolute Gasteiger partial charge is 0.280 e. The van der Waals surface area contributed by atoms with Crippen LogP contribution in [-0.2, 0) is 20.0 Å². The van der Waals surface area contributed by atoms with Crippen LogP contribution < -0.4 is 9.44 Å². The van der Waals surface area contributed by atoms with Gasteiger partial charge in [-0.3, -0.25) is 4.72 Å². The highest BCUT2D eigenvalue weighted by Crippen LogP contribution is 2.16. The molecule has 0 saturated heterocycles. The Labute approximate surface area is 142 Å². The molecule has 24 heavy (non-hydrogen) atoms. The van der Waals surface area contributed by atoms with E-state index in [4.69, 9.17) is 0 Å². The third-order valence-electron chi connectivity index (χ3n) is 3.00. The van der Waals surface area contributed by atoms with Gasteiger partial charge in [0.1, 0.15) is 0 Å². The highest BCUT2D eigenvalue weighted by atomic mass is 32.2. The molecule has 0 amide bonds. The summed E-state index contributed by atoms with van der Waals surface area (Å²) in [6, 6.07) is 14.5. The van der Waals surface area contributed by atoms with Crippen molar-refractivity contribution in [3.63, 3.8) is 0 Å². The van der Waals surface area contributed by atoms with Gasteiger partial charge in [-0.25, -0.2) is 21.6 Å². The average molecular weight is 366 g/mol. The van der Waals surface area contributed by atoms with Gasteiger partial charge in [-0.05, 0) is 35.9 Å². The van der Waals surface area contributed by atoms with Gasteiger partial charge in [-0.1, -0.05) is 37.3 Å². The summed E-state index contributed by atoms with van der Waals surface area (Å²) >= 11 is 0. The molecule has 0 heterocycles. The summed E-state index contributed by atoms with van der Waals surface area (Å²) in [5, 5.41) is 1.06. The van der Waals surface area contributed by atoms with Crippen molar-refractivity contribution in [2.75, 3.05) is 11.3 Å². The van der Waals surface area contributed by atoms with E-state index in [1.165, 1.54) is 30.3 Å². The second kappa shape index (κ2) is 7.61. The van der Waals surface area contributed by atoms with Crippen molar-refractivity contribution < 1.29 is 16.8 Å². The van der Waals surface area contributed by atoms with E-state index in [1.54, 1.807) is 19.1 Å². The maximum Gasteiger partial charge on any atom is 0.255 e. The Balaban J connectivity index is 2.12. The molecule has 2 aromatic carbocycles. The standard InChI is InChI=1S/C16H18N2O4S2/c1-2-17-24(21,22)16-10-8-15(9-11-16)18-23(19,20)13-12-14-6-4-3-5-7-14/h3-13,17-18H,2H2,1H3. The number of hydrogen-bond donors (Lipinski definition) is 2. The topological polar surface area (TPSA) is 92.3 Å². The maximum absolute atomic E-state index is 12.0. The lowest BCUT2D eigenvalue weighted by Gasteiger charge is -2.07. The molecular weight excluding hydrogens is 348 g/mol. The fourth-order valence-corrected chi connectivity index (χ4v) is 3.82. The van der Waals surface area contributed by atoms with E-state index >= 15 is 0 Å². The Morgan fingerprint density at radius 1 is 0.917 bits per heavy atom. The molecule has 0 bridgehead atoms. The Hall–Kier alpha value is -2.16. The SMILES string of the molecule is CCNS(=O)(=O)c1ccc(NS(=O)(=O)C=Cc2ccccc2)cc1. The summed E-state index contributed by atoms with van der Waals surface area (Å²) in [5.41, 5.74) is 1.04. The minimum Gasteiger partial charge on any atom is -0.280 e. The van der Waals surface area contributed by atoms with E-state index in [2.05, 4.69) is 9.44 Å². The number of benzene rings is 2. The normalized spacial score (nSPS) is 12.4. The van der Waals surface area contributed by atoms with Gasteiger partial charge in [0, 0.05) is 12.2 Å². The van der Waals surface area contributed by atoms with Crippen molar-refractivity contribution in [2.24, 2.45) is 0 Å². The molecule has 0 atom stereocenters. The van der Waals surface area contributed by atoms with Crippen LogP contribution in [0.4, 0.5) is 5.69 Å². The van der Waals surface area contributed by atoms with Crippen LogP contribution in [0.5, 0.6) is 0 Å². The highest BCUT2D eigenvalue weighted by Gasteiger charge is 2.13. The Morgan fingerprint density at radius 2 is 1.54 bits per heavy atom. The third-order valence-corrected chi connectivity index (χ3v) is 5.57. The van der Waals surface area contributed by atoms with Gasteiger partial charge in [-0.15, -0.1) is 0 Å². The molecule has 128 valence electrons. The lowest BCUT2D eigenvalue weighted by Crippen LogP contribution is -2.23. The van der Waals surface area contributed by atoms with Crippen LogP contribution in [0.2, 0.25) is 0 Å². The lowest BCUT2D eigenvalue weighted by atomic mass is 10.2. The van der Waals surface area contributed by atoms with Gasteiger partial charge in [0.2, 0.25) is 10.0 Å². The summed E-state index contributed by atoms with van der Waals surface area (Å²) in [7, 11) is -7.25. The van der Waals surface area contributed by atoms with Gasteiger partial charge >= 0.3 is 0 Å². The molecule has 0 spiro atoms. The fraction of sp³-hybridized carbons (Fsp3) is 0.125. The number of rotatable bonds is 7. The van der Waals surface area contributed by atoms with E-state index in [0.717, 1.165) is 11.0 Å². The Bertz CT molecular complexity index is 904. The second-order valence-corrected chi connectivity index (χ2v) is 8.22. The van der Waals surface area contributed by atoms with Crippen molar-refractivity contribution in [1.82, 2.24) is 4.72 Å². The first kappa shape index (κ1) is 18.2. The van der Waals surface area contributed by atoms with E-state index in [-0.39, 0.29) is 17.1 Å². The second-order valence-electron chi connectivity index (χ2n) is 4.89. The van der Waals surface area contributed by atoms with Crippen LogP contribution in [0, 0.1) is 0 Å². The predicted molar refractivity (Wildman–Crippen MR) is 95.3 cm³/mol. The van der Waals surface area contributed by atoms with Crippen LogP contribution in [0.1, 0.15) is 12.5 Å². The van der Waals surface area contributed by atoms with E-state index in [0.29, 0.717) is 0 Å². The van der Waals surface area contributed by atoms with Gasteiger partial charge < -0.3 is 0 Å². The summed E-state index contributed by atoms with van der Waals surface area (Å²) < 4.78 is 52.4. The average Bonchev–Trinajstić information content (AvgIpc) is 2.54. The summed E-state index contributed by atoms with van der Waals surface area (Å²) in [6.07, 6.45) is 1.48. The molecule has 0 aliphatic heterocycles. The number of sulfonamides is 2. The van der Waals surface area contributed by atoms with Crippen LogP contribution >= 0.6 is 0 Å². The van der Waals surface area contributed by atoms with Crippen molar-refractivity contribution in [3.05, 3.63) is 65.6 Å². The van der Waals surface area contributed by atoms with Crippen molar-refractivity contribution >= 4 is 31.8 Å². The molecule has 8 heteroatoms. The number of anilines is 1. The minimum atomic E-state index is -3.69. The van der Waals surface area contributed by atoms with Gasteiger partial charge in [-0.2, -0.15) is 0 Å². The van der Waals surface area contributed by atoms with E-state index in [1.807, 2.05) is 18.2 Å². The monoisotopic (exact) mass is 366 g/mol. The first-order valence-electron chi connectivity index (χ1n) is 7.18. The fourth-order valence-electron chi connectivity index (χ4n) is 1.91. The zero-order valence-corrected chi connectivity index (χ0v) is 14.6.